The van der Waals surface area contributed by atoms with Crippen molar-refractivity contribution in [2.24, 2.45) is 5.92 Å². The summed E-state index contributed by atoms with van der Waals surface area (Å²) in [6, 6.07) is 10.1. The average Bonchev–Trinajstić information content (AvgIpc) is 3.43. The molecule has 0 aliphatic carbocycles. The second kappa shape index (κ2) is 10.4. The highest BCUT2D eigenvalue weighted by Gasteiger charge is 2.56. The van der Waals surface area contributed by atoms with Gasteiger partial charge in [-0.2, -0.15) is 0 Å². The molecule has 3 aliphatic rings. The molecule has 0 spiro atoms. The van der Waals surface area contributed by atoms with Gasteiger partial charge in [-0.3, -0.25) is 19.2 Å². The number of fused-ring (bicyclic) bond motifs is 2. The van der Waals surface area contributed by atoms with Crippen LogP contribution in [0.15, 0.2) is 52.3 Å². The molecule has 0 unspecified atom stereocenters. The van der Waals surface area contributed by atoms with Crippen LogP contribution in [0.1, 0.15) is 35.6 Å². The molecule has 12 heteroatoms. The number of thioether (sulfide) groups is 1. The Morgan fingerprint density at radius 1 is 1.05 bits per heavy atom. The lowest BCUT2D eigenvalue weighted by atomic mass is 9.82. The molecule has 8 nitrogen and oxygen atoms in total. The number of anilines is 1. The standard InChI is InChI=1S/C27H23ClFN3O5S2/c28-14-4-9-18(37-13-19(33)31-10-2-1-3-11-31)17(12-14)20-21-23(38-24-22(20)39-27(36)30-24)26(35)32(25(21)34)16-7-5-15(29)6-8-16/h4-9,12,20-21,23H,1-3,10-11,13H2,(H,30,36)/t20-,21-,23+/m0/s1. The number of nitrogens with zero attached hydrogens (tertiary/aromatic N) is 2. The first-order chi connectivity index (χ1) is 18.8. The lowest BCUT2D eigenvalue weighted by Gasteiger charge is -2.31. The van der Waals surface area contributed by atoms with Crippen molar-refractivity contribution < 1.29 is 23.5 Å². The van der Waals surface area contributed by atoms with Crippen LogP contribution in [0, 0.1) is 11.7 Å². The van der Waals surface area contributed by atoms with Crippen LogP contribution >= 0.6 is 34.7 Å². The number of benzene rings is 2. The second-order valence-electron chi connectivity index (χ2n) is 9.65. The Bertz CT molecular complexity index is 1520. The monoisotopic (exact) mass is 587 g/mol. The van der Waals surface area contributed by atoms with Crippen molar-refractivity contribution in [3.05, 3.63) is 73.4 Å². The number of imide groups is 1. The summed E-state index contributed by atoms with van der Waals surface area (Å²) in [5, 5.41) is 0.0619. The maximum absolute atomic E-state index is 13.9. The third kappa shape index (κ3) is 4.76. The number of hydrogen-bond donors (Lipinski definition) is 1. The van der Waals surface area contributed by atoms with Crippen LogP contribution in [0.5, 0.6) is 5.75 Å². The van der Waals surface area contributed by atoms with Crippen LogP contribution in [0.25, 0.3) is 0 Å². The number of ether oxygens (including phenoxy) is 1. The Morgan fingerprint density at radius 3 is 2.54 bits per heavy atom. The number of carbonyl (C=O) groups is 3. The quantitative estimate of drug-likeness (QED) is 0.444. The summed E-state index contributed by atoms with van der Waals surface area (Å²) in [7, 11) is 0. The van der Waals surface area contributed by atoms with Crippen LogP contribution < -0.4 is 14.5 Å². The van der Waals surface area contributed by atoms with Crippen LogP contribution in [-0.4, -0.2) is 52.6 Å². The van der Waals surface area contributed by atoms with E-state index in [2.05, 4.69) is 4.98 Å². The van der Waals surface area contributed by atoms with E-state index < -0.39 is 34.7 Å². The summed E-state index contributed by atoms with van der Waals surface area (Å²) < 4.78 is 19.6. The van der Waals surface area contributed by atoms with E-state index in [0.717, 1.165) is 47.3 Å². The molecule has 3 amide bonds. The average molecular weight is 588 g/mol. The predicted molar refractivity (Wildman–Crippen MR) is 146 cm³/mol. The summed E-state index contributed by atoms with van der Waals surface area (Å²) >= 11 is 8.51. The van der Waals surface area contributed by atoms with Gasteiger partial charge in [0.25, 0.3) is 5.91 Å². The number of halogens is 2. The summed E-state index contributed by atoms with van der Waals surface area (Å²) in [5.41, 5.74) is 0.787. The van der Waals surface area contributed by atoms with Crippen molar-refractivity contribution in [1.29, 1.82) is 0 Å². The van der Waals surface area contributed by atoms with Gasteiger partial charge in [-0.1, -0.05) is 34.7 Å². The van der Waals surface area contributed by atoms with Gasteiger partial charge in [0, 0.05) is 34.5 Å². The number of rotatable bonds is 5. The molecular weight excluding hydrogens is 565 g/mol. The molecule has 39 heavy (non-hydrogen) atoms. The molecule has 0 radical (unpaired) electrons. The summed E-state index contributed by atoms with van der Waals surface area (Å²) in [4.78, 5) is 58.6. The molecule has 202 valence electrons. The largest absolute Gasteiger partial charge is 0.483 e. The van der Waals surface area contributed by atoms with Gasteiger partial charge in [0.1, 0.15) is 16.8 Å². The highest BCUT2D eigenvalue weighted by atomic mass is 35.5. The molecule has 2 saturated heterocycles. The van der Waals surface area contributed by atoms with Crippen LogP contribution in [0.3, 0.4) is 0 Å². The van der Waals surface area contributed by atoms with E-state index in [-0.39, 0.29) is 23.1 Å². The van der Waals surface area contributed by atoms with E-state index in [1.165, 1.54) is 24.3 Å². The molecule has 6 rings (SSSR count). The molecule has 3 aliphatic heterocycles. The molecular formula is C27H23ClFN3O5S2. The zero-order chi connectivity index (χ0) is 27.3. The van der Waals surface area contributed by atoms with Gasteiger partial charge in [-0.05, 0) is 61.7 Å². The van der Waals surface area contributed by atoms with E-state index in [4.69, 9.17) is 16.3 Å². The summed E-state index contributed by atoms with van der Waals surface area (Å²) in [6.45, 7) is 1.19. The van der Waals surface area contributed by atoms with E-state index in [9.17, 15) is 23.6 Å². The lowest BCUT2D eigenvalue weighted by Crippen LogP contribution is -2.38. The molecule has 0 saturated carbocycles. The molecule has 4 heterocycles. The second-order valence-corrected chi connectivity index (χ2v) is 12.3. The first kappa shape index (κ1) is 26.1. The zero-order valence-electron chi connectivity index (χ0n) is 20.5. The van der Waals surface area contributed by atoms with Crippen molar-refractivity contribution in [2.75, 3.05) is 24.6 Å². The highest BCUT2D eigenvalue weighted by Crippen LogP contribution is 2.54. The first-order valence-electron chi connectivity index (χ1n) is 12.5. The predicted octanol–water partition coefficient (Wildman–Crippen LogP) is 4.42. The maximum atomic E-state index is 13.9. The Balaban J connectivity index is 1.39. The maximum Gasteiger partial charge on any atom is 0.305 e. The SMILES string of the molecule is O=C(COc1ccc(Cl)cc1[C@@H]1c2sc(=O)[nH]c2S[C@H]2C(=O)N(c3ccc(F)cc3)C(=O)[C@@H]12)N1CCCCC1. The van der Waals surface area contributed by atoms with Gasteiger partial charge in [-0.15, -0.1) is 0 Å². The molecule has 3 aromatic rings. The minimum atomic E-state index is -0.870. The normalized spacial score (nSPS) is 22.6. The molecule has 1 aromatic heterocycles. The summed E-state index contributed by atoms with van der Waals surface area (Å²) in [6.07, 6.45) is 3.00. The number of aromatic amines is 1. The van der Waals surface area contributed by atoms with Crippen molar-refractivity contribution in [2.45, 2.75) is 35.5 Å². The smallest absolute Gasteiger partial charge is 0.305 e. The number of aromatic nitrogens is 1. The number of carbonyl (C=O) groups excluding carboxylic acids is 3. The number of thiazole rings is 1. The Labute approximate surface area is 236 Å². The number of likely N-dealkylation sites (tertiary alicyclic amines) is 1. The molecule has 0 bridgehead atoms. The number of amides is 3. The first-order valence-corrected chi connectivity index (χ1v) is 14.6. The fraction of sp³-hybridized carbons (Fsp3) is 0.333. The minimum absolute atomic E-state index is 0.130. The Kier molecular flexibility index (Phi) is 6.98. The molecule has 2 aromatic carbocycles. The third-order valence-corrected chi connectivity index (χ3v) is 9.91. The molecule has 2 fully saturated rings. The topological polar surface area (TPSA) is 99.8 Å². The Morgan fingerprint density at radius 2 is 1.79 bits per heavy atom. The van der Waals surface area contributed by atoms with E-state index >= 15 is 0 Å². The summed E-state index contributed by atoms with van der Waals surface area (Å²) in [5.74, 6) is -2.77. The van der Waals surface area contributed by atoms with E-state index in [1.807, 2.05) is 0 Å². The molecule has 3 atom stereocenters. The van der Waals surface area contributed by atoms with Gasteiger partial charge in [0.2, 0.25) is 11.8 Å². The Hall–Kier alpha value is -3.15. The molecule has 1 N–H and O–H groups in total. The third-order valence-electron chi connectivity index (χ3n) is 7.28. The number of hydrogen-bond acceptors (Lipinski definition) is 7. The van der Waals surface area contributed by atoms with Crippen LogP contribution in [0.4, 0.5) is 10.1 Å². The minimum Gasteiger partial charge on any atom is -0.483 e. The fourth-order valence-electron chi connectivity index (χ4n) is 5.46. The number of H-pyrrole nitrogens is 1. The lowest BCUT2D eigenvalue weighted by molar-refractivity contribution is -0.134. The zero-order valence-corrected chi connectivity index (χ0v) is 22.9. The number of nitrogens with one attached hydrogen (secondary N) is 1. The van der Waals surface area contributed by atoms with Gasteiger partial charge in [0.05, 0.1) is 16.6 Å². The van der Waals surface area contributed by atoms with Crippen molar-refractivity contribution in [1.82, 2.24) is 9.88 Å². The van der Waals surface area contributed by atoms with Gasteiger partial charge >= 0.3 is 4.87 Å². The fourth-order valence-corrected chi connectivity index (χ4v) is 8.15. The van der Waals surface area contributed by atoms with Gasteiger partial charge < -0.3 is 14.6 Å². The van der Waals surface area contributed by atoms with E-state index in [1.54, 1.807) is 23.1 Å². The van der Waals surface area contributed by atoms with Gasteiger partial charge in [-0.25, -0.2) is 9.29 Å². The highest BCUT2D eigenvalue weighted by molar-refractivity contribution is 8.00. The van der Waals surface area contributed by atoms with E-state index in [0.29, 0.717) is 39.3 Å². The van der Waals surface area contributed by atoms with Crippen LogP contribution in [-0.2, 0) is 14.4 Å². The van der Waals surface area contributed by atoms with Crippen LogP contribution in [0.2, 0.25) is 5.02 Å². The van der Waals surface area contributed by atoms with Crippen molar-refractivity contribution in [3.8, 4) is 5.75 Å². The number of piperidine rings is 1. The van der Waals surface area contributed by atoms with Crippen molar-refractivity contribution in [3.63, 3.8) is 0 Å². The van der Waals surface area contributed by atoms with Crippen molar-refractivity contribution >= 4 is 58.1 Å². The van der Waals surface area contributed by atoms with Gasteiger partial charge in [0.15, 0.2) is 6.61 Å².